The van der Waals surface area contributed by atoms with Gasteiger partial charge in [-0.15, -0.1) is 0 Å². The Hall–Kier alpha value is -1.60. The van der Waals surface area contributed by atoms with Gasteiger partial charge in [-0.2, -0.15) is 4.31 Å². The van der Waals surface area contributed by atoms with Crippen molar-refractivity contribution < 1.29 is 17.9 Å². The Morgan fingerprint density at radius 2 is 1.68 bits per heavy atom. The molecule has 140 valence electrons. The van der Waals surface area contributed by atoms with Crippen molar-refractivity contribution in [1.29, 1.82) is 0 Å². The largest absolute Gasteiger partial charge is 0.495 e. The van der Waals surface area contributed by atoms with Gasteiger partial charge in [0, 0.05) is 32.1 Å². The van der Waals surface area contributed by atoms with Crippen LogP contribution in [0.2, 0.25) is 0 Å². The van der Waals surface area contributed by atoms with E-state index in [1.165, 1.54) is 11.4 Å². The molecule has 0 N–H and O–H groups in total. The Balaban J connectivity index is 2.25. The van der Waals surface area contributed by atoms with Crippen LogP contribution in [0.15, 0.2) is 23.1 Å². The van der Waals surface area contributed by atoms with Crippen LogP contribution in [0.1, 0.15) is 39.2 Å². The van der Waals surface area contributed by atoms with E-state index in [1.54, 1.807) is 17.0 Å². The van der Waals surface area contributed by atoms with Gasteiger partial charge in [-0.25, -0.2) is 8.42 Å². The van der Waals surface area contributed by atoms with Gasteiger partial charge >= 0.3 is 0 Å². The maximum atomic E-state index is 13.1. The minimum atomic E-state index is -3.66. The van der Waals surface area contributed by atoms with Gasteiger partial charge in [0.25, 0.3) is 0 Å². The summed E-state index contributed by atoms with van der Waals surface area (Å²) in [5.74, 6) is 0.563. The average molecular weight is 368 g/mol. The summed E-state index contributed by atoms with van der Waals surface area (Å²) in [7, 11) is -2.18. The van der Waals surface area contributed by atoms with Crippen LogP contribution in [0, 0.1) is 5.92 Å². The molecule has 1 aromatic carbocycles. The van der Waals surface area contributed by atoms with E-state index in [0.717, 1.165) is 5.56 Å². The van der Waals surface area contributed by atoms with Gasteiger partial charge in [-0.3, -0.25) is 4.79 Å². The Bertz CT molecular complexity index is 721. The van der Waals surface area contributed by atoms with E-state index in [2.05, 4.69) is 0 Å². The first-order chi connectivity index (χ1) is 11.7. The van der Waals surface area contributed by atoms with Gasteiger partial charge in [-0.1, -0.05) is 33.8 Å². The third-order valence-electron chi connectivity index (χ3n) is 4.52. The van der Waals surface area contributed by atoms with Gasteiger partial charge in [0.05, 0.1) is 7.11 Å². The third-order valence-corrected chi connectivity index (χ3v) is 6.44. The van der Waals surface area contributed by atoms with Crippen LogP contribution in [0.5, 0.6) is 5.75 Å². The van der Waals surface area contributed by atoms with Gasteiger partial charge in [0.1, 0.15) is 10.6 Å². The average Bonchev–Trinajstić information content (AvgIpc) is 2.60. The molecule has 1 aromatic rings. The fourth-order valence-electron chi connectivity index (χ4n) is 2.91. The zero-order valence-corrected chi connectivity index (χ0v) is 16.5. The summed E-state index contributed by atoms with van der Waals surface area (Å²) in [5, 5.41) is 0. The summed E-state index contributed by atoms with van der Waals surface area (Å²) >= 11 is 0. The second-order valence-corrected chi connectivity index (χ2v) is 8.86. The van der Waals surface area contributed by atoms with E-state index in [1.807, 2.05) is 33.8 Å². The lowest BCUT2D eigenvalue weighted by Crippen LogP contribution is -2.51. The van der Waals surface area contributed by atoms with Crippen LogP contribution < -0.4 is 4.74 Å². The maximum Gasteiger partial charge on any atom is 0.246 e. The second-order valence-electron chi connectivity index (χ2n) is 6.95. The van der Waals surface area contributed by atoms with Gasteiger partial charge in [0.2, 0.25) is 15.9 Å². The lowest BCUT2D eigenvalue weighted by molar-refractivity contribution is -0.135. The standard InChI is InChI=1S/C18H28N2O4S/c1-13(2)15-6-7-16(24-5)17(12-15)25(22,23)20-10-8-19(9-11-20)18(21)14(3)4/h6-7,12-14H,8-11H2,1-5H3. The van der Waals surface area contributed by atoms with E-state index in [-0.39, 0.29) is 22.6 Å². The Kier molecular flexibility index (Phi) is 6.11. The molecular formula is C18H28N2O4S. The van der Waals surface area contributed by atoms with Gasteiger partial charge in [0.15, 0.2) is 0 Å². The topological polar surface area (TPSA) is 66.9 Å². The normalized spacial score (nSPS) is 16.5. The molecule has 0 saturated carbocycles. The molecule has 25 heavy (non-hydrogen) atoms. The Labute approximate surface area is 150 Å². The van der Waals surface area contributed by atoms with Gasteiger partial charge < -0.3 is 9.64 Å². The lowest BCUT2D eigenvalue weighted by atomic mass is 10.0. The highest BCUT2D eigenvalue weighted by atomic mass is 32.2. The van der Waals surface area contributed by atoms with Crippen LogP contribution in [0.3, 0.4) is 0 Å². The number of carbonyl (C=O) groups is 1. The zero-order valence-electron chi connectivity index (χ0n) is 15.7. The number of rotatable bonds is 5. The fraction of sp³-hybridized carbons (Fsp3) is 0.611. The number of benzene rings is 1. The van der Waals surface area contributed by atoms with Crippen molar-refractivity contribution in [2.45, 2.75) is 38.5 Å². The van der Waals surface area contributed by atoms with Crippen molar-refractivity contribution >= 4 is 15.9 Å². The number of amides is 1. The molecule has 1 heterocycles. The van der Waals surface area contributed by atoms with Crippen molar-refractivity contribution in [3.63, 3.8) is 0 Å². The summed E-state index contributed by atoms with van der Waals surface area (Å²) in [5.41, 5.74) is 0.952. The van der Waals surface area contributed by atoms with Crippen molar-refractivity contribution in [3.05, 3.63) is 23.8 Å². The first-order valence-corrected chi connectivity index (χ1v) is 10.1. The summed E-state index contributed by atoms with van der Waals surface area (Å²) in [6.07, 6.45) is 0. The highest BCUT2D eigenvalue weighted by Gasteiger charge is 2.32. The summed E-state index contributed by atoms with van der Waals surface area (Å²) < 4.78 is 32.9. The van der Waals surface area contributed by atoms with Crippen LogP contribution in [-0.2, 0) is 14.8 Å². The number of nitrogens with zero attached hydrogens (tertiary/aromatic N) is 2. The summed E-state index contributed by atoms with van der Waals surface area (Å²) in [6, 6.07) is 5.30. The molecule has 1 saturated heterocycles. The van der Waals surface area contributed by atoms with Crippen molar-refractivity contribution in [2.75, 3.05) is 33.3 Å². The molecule has 0 bridgehead atoms. The van der Waals surface area contributed by atoms with E-state index in [0.29, 0.717) is 31.9 Å². The summed E-state index contributed by atoms with van der Waals surface area (Å²) in [6.45, 7) is 9.20. The number of hydrogen-bond donors (Lipinski definition) is 0. The molecule has 6 nitrogen and oxygen atoms in total. The van der Waals surface area contributed by atoms with Crippen LogP contribution in [-0.4, -0.2) is 56.8 Å². The van der Waals surface area contributed by atoms with Crippen LogP contribution in [0.25, 0.3) is 0 Å². The van der Waals surface area contributed by atoms with E-state index >= 15 is 0 Å². The first-order valence-electron chi connectivity index (χ1n) is 8.65. The van der Waals surface area contributed by atoms with Crippen LogP contribution >= 0.6 is 0 Å². The number of carbonyl (C=O) groups excluding carboxylic acids is 1. The smallest absolute Gasteiger partial charge is 0.246 e. The van der Waals surface area contributed by atoms with E-state index < -0.39 is 10.0 Å². The molecule has 0 aromatic heterocycles. The highest BCUT2D eigenvalue weighted by molar-refractivity contribution is 7.89. The van der Waals surface area contributed by atoms with Crippen LogP contribution in [0.4, 0.5) is 0 Å². The molecule has 0 atom stereocenters. The maximum absolute atomic E-state index is 13.1. The SMILES string of the molecule is COc1ccc(C(C)C)cc1S(=O)(=O)N1CCN(C(=O)C(C)C)CC1. The minimum Gasteiger partial charge on any atom is -0.495 e. The molecule has 1 fully saturated rings. The highest BCUT2D eigenvalue weighted by Crippen LogP contribution is 2.30. The zero-order chi connectivity index (χ0) is 18.8. The second kappa shape index (κ2) is 7.74. The molecule has 1 amide bonds. The van der Waals surface area contributed by atoms with E-state index in [4.69, 9.17) is 4.74 Å². The predicted octanol–water partition coefficient (Wildman–Crippen LogP) is 2.31. The van der Waals surface area contributed by atoms with Crippen molar-refractivity contribution in [3.8, 4) is 5.75 Å². The quantitative estimate of drug-likeness (QED) is 0.800. The number of sulfonamides is 1. The van der Waals surface area contributed by atoms with Crippen molar-refractivity contribution in [1.82, 2.24) is 9.21 Å². The number of methoxy groups -OCH3 is 1. The van der Waals surface area contributed by atoms with E-state index in [9.17, 15) is 13.2 Å². The summed E-state index contributed by atoms with van der Waals surface area (Å²) in [4.78, 5) is 14.0. The number of ether oxygens (including phenoxy) is 1. The molecule has 7 heteroatoms. The number of piperazine rings is 1. The Morgan fingerprint density at radius 1 is 1.08 bits per heavy atom. The molecule has 1 aliphatic rings. The molecule has 2 rings (SSSR count). The molecule has 0 radical (unpaired) electrons. The molecule has 1 aliphatic heterocycles. The molecular weight excluding hydrogens is 340 g/mol. The Morgan fingerprint density at radius 3 is 2.16 bits per heavy atom. The van der Waals surface area contributed by atoms with Gasteiger partial charge in [-0.05, 0) is 23.6 Å². The van der Waals surface area contributed by atoms with Crippen molar-refractivity contribution in [2.24, 2.45) is 5.92 Å². The minimum absolute atomic E-state index is 0.0661. The molecule has 0 aliphatic carbocycles. The molecule has 0 spiro atoms. The molecule has 0 unspecified atom stereocenters. The lowest BCUT2D eigenvalue weighted by Gasteiger charge is -2.35. The monoisotopic (exact) mass is 368 g/mol. The number of hydrogen-bond acceptors (Lipinski definition) is 4. The fourth-order valence-corrected chi connectivity index (χ4v) is 4.52. The first kappa shape index (κ1) is 19.7. The third kappa shape index (κ3) is 4.15. The predicted molar refractivity (Wildman–Crippen MR) is 97.3 cm³/mol.